The SMILES string of the molecule is CCOC(=O)C1=C(C[NH2+]C(c2ccccc2)c2ccccc2)NC(=O)N[C@H]1CC. The highest BCUT2D eigenvalue weighted by Crippen LogP contribution is 2.19. The van der Waals surface area contributed by atoms with Crippen molar-refractivity contribution in [3.8, 4) is 0 Å². The fourth-order valence-electron chi connectivity index (χ4n) is 3.64. The van der Waals surface area contributed by atoms with Gasteiger partial charge in [0, 0.05) is 11.1 Å². The molecule has 2 amide bonds. The largest absolute Gasteiger partial charge is 0.463 e. The van der Waals surface area contributed by atoms with Crippen LogP contribution in [0.5, 0.6) is 0 Å². The van der Waals surface area contributed by atoms with E-state index in [1.54, 1.807) is 6.92 Å². The topological polar surface area (TPSA) is 84.0 Å². The molecule has 1 heterocycles. The molecule has 0 bridgehead atoms. The number of quaternary nitrogens is 1. The summed E-state index contributed by atoms with van der Waals surface area (Å²) >= 11 is 0. The van der Waals surface area contributed by atoms with Crippen LogP contribution in [0.15, 0.2) is 71.9 Å². The maximum atomic E-state index is 12.6. The van der Waals surface area contributed by atoms with Crippen LogP contribution in [0.4, 0.5) is 4.79 Å². The summed E-state index contributed by atoms with van der Waals surface area (Å²) in [6.07, 6.45) is 0.617. The van der Waals surface area contributed by atoms with E-state index in [0.717, 1.165) is 11.1 Å². The molecule has 4 N–H and O–H groups in total. The zero-order valence-electron chi connectivity index (χ0n) is 16.9. The maximum absolute atomic E-state index is 12.6. The number of benzene rings is 2. The summed E-state index contributed by atoms with van der Waals surface area (Å²) < 4.78 is 5.25. The molecule has 0 saturated heterocycles. The Morgan fingerprint density at radius 2 is 1.62 bits per heavy atom. The predicted molar refractivity (Wildman–Crippen MR) is 111 cm³/mol. The lowest BCUT2D eigenvalue weighted by atomic mass is 9.97. The van der Waals surface area contributed by atoms with Gasteiger partial charge in [0.2, 0.25) is 0 Å². The van der Waals surface area contributed by atoms with Crippen LogP contribution < -0.4 is 16.0 Å². The molecule has 6 nitrogen and oxygen atoms in total. The van der Waals surface area contributed by atoms with Gasteiger partial charge in [-0.2, -0.15) is 0 Å². The lowest BCUT2D eigenvalue weighted by Crippen LogP contribution is -2.86. The van der Waals surface area contributed by atoms with Crippen molar-refractivity contribution in [2.24, 2.45) is 0 Å². The van der Waals surface area contributed by atoms with Crippen molar-refractivity contribution in [3.63, 3.8) is 0 Å². The summed E-state index contributed by atoms with van der Waals surface area (Å²) in [4.78, 5) is 24.7. The van der Waals surface area contributed by atoms with Crippen molar-refractivity contribution >= 4 is 12.0 Å². The number of carbonyl (C=O) groups is 2. The van der Waals surface area contributed by atoms with E-state index in [1.807, 2.05) is 43.3 Å². The molecule has 0 spiro atoms. The van der Waals surface area contributed by atoms with Gasteiger partial charge in [-0.3, -0.25) is 0 Å². The number of carbonyl (C=O) groups excluding carboxylic acids is 2. The minimum atomic E-state index is -0.383. The zero-order valence-corrected chi connectivity index (χ0v) is 16.9. The fraction of sp³-hybridized carbons (Fsp3) is 0.304. The van der Waals surface area contributed by atoms with Crippen LogP contribution >= 0.6 is 0 Å². The van der Waals surface area contributed by atoms with Gasteiger partial charge in [0.05, 0.1) is 23.9 Å². The summed E-state index contributed by atoms with van der Waals surface area (Å²) in [7, 11) is 0. The van der Waals surface area contributed by atoms with Crippen LogP contribution in [0.25, 0.3) is 0 Å². The third-order valence-corrected chi connectivity index (χ3v) is 5.02. The van der Waals surface area contributed by atoms with Crippen LogP contribution in [0, 0.1) is 0 Å². The molecule has 1 atom stereocenters. The number of nitrogens with one attached hydrogen (secondary N) is 2. The fourth-order valence-corrected chi connectivity index (χ4v) is 3.64. The van der Waals surface area contributed by atoms with Crippen LogP contribution in [-0.2, 0) is 9.53 Å². The van der Waals surface area contributed by atoms with Gasteiger partial charge < -0.3 is 20.7 Å². The first-order valence-corrected chi connectivity index (χ1v) is 10.0. The van der Waals surface area contributed by atoms with Crippen molar-refractivity contribution < 1.29 is 19.6 Å². The first-order chi connectivity index (χ1) is 14.1. The molecular weight excluding hydrogens is 366 g/mol. The number of hydrogen-bond acceptors (Lipinski definition) is 3. The van der Waals surface area contributed by atoms with Gasteiger partial charge in [-0.05, 0) is 13.3 Å². The second-order valence-corrected chi connectivity index (χ2v) is 6.91. The van der Waals surface area contributed by atoms with Gasteiger partial charge in [-0.1, -0.05) is 67.6 Å². The Morgan fingerprint density at radius 3 is 2.14 bits per heavy atom. The molecule has 2 aromatic carbocycles. The molecule has 1 aliphatic rings. The van der Waals surface area contributed by atoms with Gasteiger partial charge in [-0.25, -0.2) is 9.59 Å². The second kappa shape index (κ2) is 9.89. The lowest BCUT2D eigenvalue weighted by molar-refractivity contribution is -0.680. The predicted octanol–water partition coefficient (Wildman–Crippen LogP) is 2.25. The number of hydrogen-bond donors (Lipinski definition) is 3. The van der Waals surface area contributed by atoms with E-state index in [-0.39, 0.29) is 24.1 Å². The molecule has 6 heteroatoms. The third kappa shape index (κ3) is 5.03. The Bertz CT molecular complexity index is 826. The van der Waals surface area contributed by atoms with Crippen molar-refractivity contribution in [1.82, 2.24) is 10.6 Å². The number of amides is 2. The minimum Gasteiger partial charge on any atom is -0.463 e. The normalized spacial score (nSPS) is 16.4. The Kier molecular flexibility index (Phi) is 7.03. The Balaban J connectivity index is 1.91. The molecule has 3 rings (SSSR count). The van der Waals surface area contributed by atoms with Crippen LogP contribution in [-0.4, -0.2) is 31.2 Å². The Morgan fingerprint density at radius 1 is 1.03 bits per heavy atom. The summed E-state index contributed by atoms with van der Waals surface area (Å²) in [5, 5.41) is 7.78. The molecule has 0 fully saturated rings. The molecular formula is C23H28N3O3+. The van der Waals surface area contributed by atoms with E-state index in [2.05, 4.69) is 40.2 Å². The third-order valence-electron chi connectivity index (χ3n) is 5.02. The molecule has 0 aromatic heterocycles. The first-order valence-electron chi connectivity index (χ1n) is 10.0. The average molecular weight is 394 g/mol. The van der Waals surface area contributed by atoms with E-state index in [1.165, 1.54) is 0 Å². The number of urea groups is 1. The van der Waals surface area contributed by atoms with Gasteiger partial charge >= 0.3 is 12.0 Å². The highest BCUT2D eigenvalue weighted by molar-refractivity contribution is 5.94. The van der Waals surface area contributed by atoms with E-state index in [0.29, 0.717) is 30.8 Å². The number of ether oxygens (including phenoxy) is 1. The van der Waals surface area contributed by atoms with Gasteiger partial charge in [0.1, 0.15) is 12.6 Å². The highest BCUT2D eigenvalue weighted by Gasteiger charge is 2.32. The molecule has 0 radical (unpaired) electrons. The molecule has 152 valence electrons. The zero-order chi connectivity index (χ0) is 20.6. The van der Waals surface area contributed by atoms with E-state index in [9.17, 15) is 9.59 Å². The standard InChI is InChI=1S/C23H27N3O3/c1-3-18-20(22(27)29-4-2)19(26-23(28)25-18)15-24-21(16-11-7-5-8-12-16)17-13-9-6-10-14-17/h5-14,18,21,24H,3-4,15H2,1-2H3,(H2,25,26,28)/p+1/t18-/m0/s1. The summed E-state index contributed by atoms with van der Waals surface area (Å²) in [5.74, 6) is -0.383. The minimum absolute atomic E-state index is 0.0419. The summed E-state index contributed by atoms with van der Waals surface area (Å²) in [5.41, 5.74) is 3.43. The second-order valence-electron chi connectivity index (χ2n) is 6.91. The van der Waals surface area contributed by atoms with Crippen LogP contribution in [0.2, 0.25) is 0 Å². The van der Waals surface area contributed by atoms with Crippen molar-refractivity contribution in [2.45, 2.75) is 32.4 Å². The van der Waals surface area contributed by atoms with Gasteiger partial charge in [-0.15, -0.1) is 0 Å². The number of esters is 1. The number of rotatable bonds is 8. The van der Waals surface area contributed by atoms with Crippen LogP contribution in [0.1, 0.15) is 37.4 Å². The number of nitrogens with two attached hydrogens (primary N) is 1. The van der Waals surface area contributed by atoms with Crippen LogP contribution in [0.3, 0.4) is 0 Å². The molecule has 29 heavy (non-hydrogen) atoms. The smallest absolute Gasteiger partial charge is 0.338 e. The van der Waals surface area contributed by atoms with Crippen molar-refractivity contribution in [2.75, 3.05) is 13.2 Å². The molecule has 0 saturated carbocycles. The van der Waals surface area contributed by atoms with E-state index < -0.39 is 0 Å². The monoisotopic (exact) mass is 394 g/mol. The Hall–Kier alpha value is -3.12. The summed E-state index contributed by atoms with van der Waals surface area (Å²) in [6.45, 7) is 4.46. The highest BCUT2D eigenvalue weighted by atomic mass is 16.5. The van der Waals surface area contributed by atoms with E-state index >= 15 is 0 Å². The average Bonchev–Trinajstić information content (AvgIpc) is 2.75. The maximum Gasteiger partial charge on any atom is 0.338 e. The summed E-state index contributed by atoms with van der Waals surface area (Å²) in [6, 6.07) is 19.8. The molecule has 0 unspecified atom stereocenters. The van der Waals surface area contributed by atoms with E-state index in [4.69, 9.17) is 4.74 Å². The molecule has 0 aliphatic carbocycles. The Labute approximate surface area is 171 Å². The molecule has 1 aliphatic heterocycles. The lowest BCUT2D eigenvalue weighted by Gasteiger charge is -2.28. The molecule has 2 aromatic rings. The van der Waals surface area contributed by atoms with Crippen molar-refractivity contribution in [1.29, 1.82) is 0 Å². The van der Waals surface area contributed by atoms with Gasteiger partial charge in [0.15, 0.2) is 0 Å². The van der Waals surface area contributed by atoms with Gasteiger partial charge in [0.25, 0.3) is 0 Å². The quantitative estimate of drug-likeness (QED) is 0.601. The first kappa shape index (κ1) is 20.6. The van der Waals surface area contributed by atoms with Crippen molar-refractivity contribution in [3.05, 3.63) is 83.1 Å².